The third-order valence-electron chi connectivity index (χ3n) is 2.58. The average Bonchev–Trinajstić information content (AvgIpc) is 2.21. The Morgan fingerprint density at radius 1 is 1.57 bits per heavy atom. The molecule has 6 heteroatoms. The van der Waals surface area contributed by atoms with Gasteiger partial charge >= 0.3 is 5.97 Å². The first-order valence-electron chi connectivity index (χ1n) is 4.40. The molecule has 0 aromatic carbocycles. The number of carbonyl (C=O) groups is 1. The molecular weight excluding hydrogens is 211 g/mol. The van der Waals surface area contributed by atoms with Crippen LogP contribution in [0.1, 0.15) is 19.8 Å². The van der Waals surface area contributed by atoms with Crippen molar-refractivity contribution in [1.29, 1.82) is 0 Å². The van der Waals surface area contributed by atoms with E-state index in [0.717, 1.165) is 0 Å². The molecule has 4 N–H and O–H groups in total. The summed E-state index contributed by atoms with van der Waals surface area (Å²) in [4.78, 5) is 10.5. The second-order valence-electron chi connectivity index (χ2n) is 3.34. The van der Waals surface area contributed by atoms with Gasteiger partial charge in [-0.25, -0.2) is 9.64 Å². The van der Waals surface area contributed by atoms with E-state index in [-0.39, 0.29) is 0 Å². The predicted molar refractivity (Wildman–Crippen MR) is 52.8 cm³/mol. The first-order chi connectivity index (χ1) is 6.56. The number of carboxylic acids is 1. The van der Waals surface area contributed by atoms with Crippen LogP contribution in [0.3, 0.4) is 0 Å². The lowest BCUT2D eigenvalue weighted by Gasteiger charge is -2.32. The lowest BCUT2D eigenvalue weighted by molar-refractivity contribution is -0.147. The molecule has 1 saturated heterocycles. The Morgan fingerprint density at radius 2 is 2.00 bits per heavy atom. The maximum absolute atomic E-state index is 13.8. The van der Waals surface area contributed by atoms with E-state index in [9.17, 15) is 9.18 Å². The van der Waals surface area contributed by atoms with Crippen LogP contribution in [-0.4, -0.2) is 29.8 Å². The fourth-order valence-electron chi connectivity index (χ4n) is 1.50. The first kappa shape index (κ1) is 13.6. The van der Waals surface area contributed by atoms with Crippen molar-refractivity contribution >= 4 is 17.7 Å². The van der Waals surface area contributed by atoms with Gasteiger partial charge in [0.15, 0.2) is 0 Å². The number of alkyl halides is 1. The Balaban J connectivity index is 0.000000791. The Kier molecular flexibility index (Phi) is 5.99. The van der Waals surface area contributed by atoms with Crippen molar-refractivity contribution < 1.29 is 14.3 Å². The Bertz CT molecular complexity index is 186. The van der Waals surface area contributed by atoms with E-state index < -0.39 is 17.6 Å². The minimum Gasteiger partial charge on any atom is -0.481 e. The van der Waals surface area contributed by atoms with Crippen LogP contribution in [-0.2, 0) is 4.79 Å². The van der Waals surface area contributed by atoms with Gasteiger partial charge in [0.1, 0.15) is 5.67 Å². The highest BCUT2D eigenvalue weighted by atomic mass is 35.5. The van der Waals surface area contributed by atoms with Crippen LogP contribution in [0.25, 0.3) is 0 Å². The molecule has 84 valence electrons. The highest BCUT2D eigenvalue weighted by Gasteiger charge is 2.41. The Morgan fingerprint density at radius 3 is 2.36 bits per heavy atom. The van der Waals surface area contributed by atoms with Crippen molar-refractivity contribution in [3.8, 4) is 0 Å². The molecule has 1 aliphatic heterocycles. The van der Waals surface area contributed by atoms with Crippen LogP contribution in [0.15, 0.2) is 0 Å². The summed E-state index contributed by atoms with van der Waals surface area (Å²) in [6.07, 6.45) is 0.612. The summed E-state index contributed by atoms with van der Waals surface area (Å²) >= 11 is 4.14. The molecule has 0 aromatic heterocycles. The molecule has 1 rings (SSSR count). The zero-order valence-corrected chi connectivity index (χ0v) is 8.85. The molecule has 0 radical (unpaired) electrons. The minimum absolute atomic E-state index is 0.306. The maximum atomic E-state index is 13.8. The smallest absolute Gasteiger partial charge is 0.309 e. The lowest BCUT2D eigenvalue weighted by atomic mass is 9.83. The number of aliphatic carboxylic acids is 1. The molecule has 1 heterocycles. The zero-order chi connectivity index (χ0) is 11.2. The van der Waals surface area contributed by atoms with Gasteiger partial charge in [0.05, 0.1) is 5.92 Å². The van der Waals surface area contributed by atoms with Gasteiger partial charge in [-0.2, -0.15) is 0 Å². The van der Waals surface area contributed by atoms with E-state index in [1.165, 1.54) is 6.92 Å². The summed E-state index contributed by atoms with van der Waals surface area (Å²) in [5.41, 5.74) is -1.50. The molecule has 1 fully saturated rings. The van der Waals surface area contributed by atoms with Gasteiger partial charge in [-0.15, -0.1) is 0 Å². The van der Waals surface area contributed by atoms with Crippen molar-refractivity contribution in [2.24, 2.45) is 11.2 Å². The molecule has 1 atom stereocenters. The summed E-state index contributed by atoms with van der Waals surface area (Å²) in [5, 5.41) is 15.6. The van der Waals surface area contributed by atoms with E-state index in [4.69, 9.17) is 5.11 Å². The van der Waals surface area contributed by atoms with Gasteiger partial charge in [0.25, 0.3) is 0 Å². The van der Waals surface area contributed by atoms with E-state index in [2.05, 4.69) is 22.3 Å². The second kappa shape index (κ2) is 6.16. The van der Waals surface area contributed by atoms with Crippen LogP contribution in [0.2, 0.25) is 0 Å². The number of halogens is 2. The van der Waals surface area contributed by atoms with Crippen molar-refractivity contribution in [1.82, 2.24) is 5.32 Å². The molecular formula is C8H16ClFN2O2. The van der Waals surface area contributed by atoms with Gasteiger partial charge in [-0.05, 0) is 44.6 Å². The topological polar surface area (TPSA) is 75.3 Å². The molecule has 0 saturated carbocycles. The summed E-state index contributed by atoms with van der Waals surface area (Å²) < 4.78 is 13.8. The number of nitrogens with two attached hydrogens (primary N) is 1. The quantitative estimate of drug-likeness (QED) is 0.612. The van der Waals surface area contributed by atoms with Gasteiger partial charge < -0.3 is 10.4 Å². The van der Waals surface area contributed by atoms with Gasteiger partial charge in [0, 0.05) is 0 Å². The summed E-state index contributed by atoms with van der Waals surface area (Å²) in [5.74, 6) is -1.93. The molecule has 0 amide bonds. The third kappa shape index (κ3) is 3.40. The standard InChI is InChI=1S/C8H14FNO2.ClH2N/c1-6(7(11)12)8(9)2-4-10-5-3-8;1-2/h6,10H,2-5H2,1H3,(H,11,12);2H2. The zero-order valence-electron chi connectivity index (χ0n) is 8.09. The highest BCUT2D eigenvalue weighted by Crippen LogP contribution is 2.31. The van der Waals surface area contributed by atoms with Crippen molar-refractivity contribution in [2.45, 2.75) is 25.4 Å². The summed E-state index contributed by atoms with van der Waals surface area (Å²) in [6, 6.07) is 0. The molecule has 0 aromatic rings. The number of nitrogens with one attached hydrogen (secondary N) is 1. The summed E-state index contributed by atoms with van der Waals surface area (Å²) in [6.45, 7) is 2.59. The fourth-order valence-corrected chi connectivity index (χ4v) is 1.50. The first-order valence-corrected chi connectivity index (χ1v) is 4.84. The molecule has 1 aliphatic rings. The van der Waals surface area contributed by atoms with Crippen molar-refractivity contribution in [3.05, 3.63) is 0 Å². The molecule has 0 bridgehead atoms. The van der Waals surface area contributed by atoms with Gasteiger partial charge in [0.2, 0.25) is 0 Å². The number of rotatable bonds is 2. The van der Waals surface area contributed by atoms with E-state index in [1.807, 2.05) is 0 Å². The van der Waals surface area contributed by atoms with E-state index in [1.54, 1.807) is 0 Å². The molecule has 0 aliphatic carbocycles. The number of hydrogen-bond donors (Lipinski definition) is 3. The van der Waals surface area contributed by atoms with Crippen molar-refractivity contribution in [2.75, 3.05) is 13.1 Å². The van der Waals surface area contributed by atoms with E-state index >= 15 is 0 Å². The van der Waals surface area contributed by atoms with Crippen LogP contribution in [0, 0.1) is 5.92 Å². The summed E-state index contributed by atoms with van der Waals surface area (Å²) in [7, 11) is 0. The number of hydrogen-bond acceptors (Lipinski definition) is 3. The van der Waals surface area contributed by atoms with Crippen LogP contribution < -0.4 is 10.6 Å². The molecule has 14 heavy (non-hydrogen) atoms. The van der Waals surface area contributed by atoms with E-state index in [0.29, 0.717) is 25.9 Å². The van der Waals surface area contributed by atoms with Crippen molar-refractivity contribution in [3.63, 3.8) is 0 Å². The predicted octanol–water partition coefficient (Wildman–Crippen LogP) is 0.898. The SMILES string of the molecule is CC(C(=O)O)C1(F)CCNCC1.NCl. The van der Waals surface area contributed by atoms with Gasteiger partial charge in [-0.3, -0.25) is 4.79 Å². The van der Waals surface area contributed by atoms with Crippen LogP contribution in [0.5, 0.6) is 0 Å². The molecule has 4 nitrogen and oxygen atoms in total. The maximum Gasteiger partial charge on any atom is 0.309 e. The monoisotopic (exact) mass is 226 g/mol. The number of carboxylic acid groups (broad SMARTS) is 1. The van der Waals surface area contributed by atoms with Crippen LogP contribution >= 0.6 is 11.8 Å². The third-order valence-corrected chi connectivity index (χ3v) is 2.58. The highest BCUT2D eigenvalue weighted by molar-refractivity contribution is 6.11. The molecule has 0 spiro atoms. The fraction of sp³-hybridized carbons (Fsp3) is 0.875. The Labute approximate surface area is 87.7 Å². The second-order valence-corrected chi connectivity index (χ2v) is 3.34. The van der Waals surface area contributed by atoms with Gasteiger partial charge in [-0.1, -0.05) is 0 Å². The Hall–Kier alpha value is -0.390. The number of piperidine rings is 1. The van der Waals surface area contributed by atoms with Crippen LogP contribution in [0.4, 0.5) is 4.39 Å². The average molecular weight is 227 g/mol. The molecule has 1 unspecified atom stereocenters. The minimum atomic E-state index is -1.50. The lowest BCUT2D eigenvalue weighted by Crippen LogP contribution is -2.45. The normalized spacial score (nSPS) is 21.7. The largest absolute Gasteiger partial charge is 0.481 e.